The molecule has 0 saturated carbocycles. The van der Waals surface area contributed by atoms with Crippen molar-refractivity contribution in [2.45, 2.75) is 37.9 Å². The number of benzene rings is 2. The minimum absolute atomic E-state index is 0.00335. The lowest BCUT2D eigenvalue weighted by Crippen LogP contribution is -2.50. The molecular formula is C26H29F3N4O5S. The fraction of sp³-hybridized carbons (Fsp3) is 0.423. The minimum atomic E-state index is -4.62. The molecule has 0 bridgehead atoms. The number of methoxy groups -OCH3 is 1. The minimum Gasteiger partial charge on any atom is -0.497 e. The Morgan fingerprint density at radius 1 is 1.18 bits per heavy atom. The Hall–Kier alpha value is -3.45. The Morgan fingerprint density at radius 3 is 2.46 bits per heavy atom. The van der Waals surface area contributed by atoms with E-state index in [1.54, 1.807) is 18.2 Å². The van der Waals surface area contributed by atoms with Gasteiger partial charge in [-0.25, -0.2) is 12.7 Å². The summed E-state index contributed by atoms with van der Waals surface area (Å²) in [6.45, 7) is 1.91. The molecule has 39 heavy (non-hydrogen) atoms. The molecule has 0 atom stereocenters. The number of alkyl halides is 3. The molecule has 0 aliphatic carbocycles. The van der Waals surface area contributed by atoms with Gasteiger partial charge in [0.1, 0.15) is 17.1 Å². The first-order valence-corrected chi connectivity index (χ1v) is 13.9. The van der Waals surface area contributed by atoms with Crippen LogP contribution in [-0.4, -0.2) is 68.9 Å². The molecule has 13 heteroatoms. The second-order valence-electron chi connectivity index (χ2n) is 9.58. The van der Waals surface area contributed by atoms with E-state index in [4.69, 9.17) is 4.74 Å². The molecule has 2 aromatic rings. The van der Waals surface area contributed by atoms with E-state index >= 15 is 0 Å². The van der Waals surface area contributed by atoms with E-state index < -0.39 is 33.2 Å². The first-order valence-electron chi connectivity index (χ1n) is 12.3. The summed E-state index contributed by atoms with van der Waals surface area (Å²) in [4.78, 5) is 29.2. The van der Waals surface area contributed by atoms with Crippen LogP contribution in [0.2, 0.25) is 0 Å². The van der Waals surface area contributed by atoms with Crippen molar-refractivity contribution < 1.29 is 35.9 Å². The molecule has 210 valence electrons. The van der Waals surface area contributed by atoms with Crippen molar-refractivity contribution in [1.82, 2.24) is 14.9 Å². The Balaban J connectivity index is 1.45. The summed E-state index contributed by atoms with van der Waals surface area (Å²) in [6, 6.07) is 8.20. The standard InChI is InChI=1S/C26H29F3N4O5S/c1-16-12-18(23(34)30-2)5-4-17(16)6-11-39(36,37)33-9-7-25(8-10-33)24(35)31-22(32-25)19-13-20(26(27,28)29)15-21(14-19)38-3/h4-5,12-15H,6-11H2,1-3H3,(H,30,34)(H,31,32,35). The molecule has 2 aromatic carbocycles. The molecule has 2 aliphatic rings. The van der Waals surface area contributed by atoms with Crippen LogP contribution in [0.3, 0.4) is 0 Å². The molecular weight excluding hydrogens is 537 g/mol. The smallest absolute Gasteiger partial charge is 0.416 e. The molecule has 1 spiro atoms. The highest BCUT2D eigenvalue weighted by Crippen LogP contribution is 2.35. The molecule has 0 aromatic heterocycles. The average Bonchev–Trinajstić information content (AvgIpc) is 3.22. The number of nitrogens with one attached hydrogen (secondary N) is 2. The summed E-state index contributed by atoms with van der Waals surface area (Å²) >= 11 is 0. The van der Waals surface area contributed by atoms with Crippen LogP contribution >= 0.6 is 0 Å². The maximum Gasteiger partial charge on any atom is 0.416 e. The number of carbonyl (C=O) groups excluding carboxylic acids is 2. The predicted octanol–water partition coefficient (Wildman–Crippen LogP) is 2.67. The molecule has 4 rings (SSSR count). The highest BCUT2D eigenvalue weighted by atomic mass is 32.2. The topological polar surface area (TPSA) is 117 Å². The van der Waals surface area contributed by atoms with Gasteiger partial charge < -0.3 is 15.4 Å². The third kappa shape index (κ3) is 5.93. The lowest BCUT2D eigenvalue weighted by Gasteiger charge is -2.34. The molecule has 2 heterocycles. The van der Waals surface area contributed by atoms with Gasteiger partial charge in [0, 0.05) is 31.3 Å². The van der Waals surface area contributed by atoms with Crippen LogP contribution in [0.25, 0.3) is 0 Å². The molecule has 1 saturated heterocycles. The van der Waals surface area contributed by atoms with Crippen LogP contribution in [0.5, 0.6) is 5.75 Å². The van der Waals surface area contributed by atoms with E-state index in [2.05, 4.69) is 15.6 Å². The van der Waals surface area contributed by atoms with Gasteiger partial charge in [0.2, 0.25) is 10.0 Å². The number of sulfonamides is 1. The highest BCUT2D eigenvalue weighted by molar-refractivity contribution is 7.89. The summed E-state index contributed by atoms with van der Waals surface area (Å²) < 4.78 is 72.5. The molecule has 2 amide bonds. The van der Waals surface area contributed by atoms with Crippen molar-refractivity contribution in [3.63, 3.8) is 0 Å². The first kappa shape index (κ1) is 28.6. The third-order valence-corrected chi connectivity index (χ3v) is 9.00. The third-order valence-electron chi connectivity index (χ3n) is 7.13. The summed E-state index contributed by atoms with van der Waals surface area (Å²) in [5.74, 6) is -0.884. The normalized spacial score (nSPS) is 17.6. The monoisotopic (exact) mass is 566 g/mol. The largest absolute Gasteiger partial charge is 0.497 e. The number of hydrogen-bond donors (Lipinski definition) is 2. The molecule has 0 radical (unpaired) electrons. The number of ether oxygens (including phenoxy) is 1. The summed E-state index contributed by atoms with van der Waals surface area (Å²) in [6.07, 6.45) is -4.17. The van der Waals surface area contributed by atoms with Crippen LogP contribution < -0.4 is 15.4 Å². The quantitative estimate of drug-likeness (QED) is 0.535. The van der Waals surface area contributed by atoms with Gasteiger partial charge in [0.05, 0.1) is 18.4 Å². The average molecular weight is 567 g/mol. The number of amidine groups is 1. The molecule has 0 unspecified atom stereocenters. The second-order valence-corrected chi connectivity index (χ2v) is 11.7. The highest BCUT2D eigenvalue weighted by Gasteiger charge is 2.47. The van der Waals surface area contributed by atoms with E-state index in [0.29, 0.717) is 5.56 Å². The zero-order valence-electron chi connectivity index (χ0n) is 21.7. The van der Waals surface area contributed by atoms with Crippen LogP contribution in [0.1, 0.15) is 45.5 Å². The van der Waals surface area contributed by atoms with Crippen molar-refractivity contribution in [3.05, 3.63) is 64.2 Å². The number of rotatable bonds is 7. The van der Waals surface area contributed by atoms with Gasteiger partial charge in [0.25, 0.3) is 11.8 Å². The number of halogens is 3. The van der Waals surface area contributed by atoms with Crippen molar-refractivity contribution in [2.24, 2.45) is 4.99 Å². The summed E-state index contributed by atoms with van der Waals surface area (Å²) in [5.41, 5.74) is -0.0369. The van der Waals surface area contributed by atoms with E-state index in [0.717, 1.165) is 23.3 Å². The van der Waals surface area contributed by atoms with Gasteiger partial charge in [-0.15, -0.1) is 0 Å². The van der Waals surface area contributed by atoms with Crippen LogP contribution in [-0.2, 0) is 27.4 Å². The lowest BCUT2D eigenvalue weighted by molar-refractivity contribution is -0.137. The summed E-state index contributed by atoms with van der Waals surface area (Å²) in [5, 5.41) is 5.12. The molecule has 9 nitrogen and oxygen atoms in total. The Kier molecular flexibility index (Phi) is 7.77. The van der Waals surface area contributed by atoms with E-state index in [9.17, 15) is 31.2 Å². The van der Waals surface area contributed by atoms with Gasteiger partial charge in [-0.1, -0.05) is 6.07 Å². The molecule has 2 N–H and O–H groups in total. The number of aliphatic imine (C=N–C) groups is 1. The van der Waals surface area contributed by atoms with Crippen LogP contribution in [0.4, 0.5) is 13.2 Å². The Labute approximate surface area is 224 Å². The van der Waals surface area contributed by atoms with E-state index in [-0.39, 0.29) is 61.2 Å². The van der Waals surface area contributed by atoms with Gasteiger partial charge in [-0.2, -0.15) is 13.2 Å². The second kappa shape index (κ2) is 10.6. The fourth-order valence-corrected chi connectivity index (χ4v) is 6.25. The van der Waals surface area contributed by atoms with Gasteiger partial charge in [0.15, 0.2) is 0 Å². The van der Waals surface area contributed by atoms with Crippen molar-refractivity contribution >= 4 is 27.7 Å². The van der Waals surface area contributed by atoms with E-state index in [1.807, 2.05) is 6.92 Å². The molecule has 1 fully saturated rings. The SMILES string of the molecule is CNC(=O)c1ccc(CCS(=O)(=O)N2CCC3(CC2)N=C(c2cc(OC)cc(C(F)(F)F)c2)NC3=O)c(C)c1. The number of aryl methyl sites for hydroxylation is 2. The van der Waals surface area contributed by atoms with E-state index in [1.165, 1.54) is 24.5 Å². The van der Waals surface area contributed by atoms with Crippen LogP contribution in [0.15, 0.2) is 41.4 Å². The van der Waals surface area contributed by atoms with Crippen molar-refractivity contribution in [3.8, 4) is 5.75 Å². The van der Waals surface area contributed by atoms with Crippen LogP contribution in [0, 0.1) is 6.92 Å². The Morgan fingerprint density at radius 2 is 1.87 bits per heavy atom. The zero-order chi connectivity index (χ0) is 28.6. The number of nitrogens with zero attached hydrogens (tertiary/aromatic N) is 2. The number of amides is 2. The fourth-order valence-electron chi connectivity index (χ4n) is 4.77. The summed E-state index contributed by atoms with van der Waals surface area (Å²) in [7, 11) is -0.882. The van der Waals surface area contributed by atoms with Gasteiger partial charge >= 0.3 is 6.18 Å². The van der Waals surface area contributed by atoms with Gasteiger partial charge in [-0.05, 0) is 67.6 Å². The van der Waals surface area contributed by atoms with Crippen molar-refractivity contribution in [2.75, 3.05) is 33.0 Å². The lowest BCUT2D eigenvalue weighted by atomic mass is 9.89. The number of piperidine rings is 1. The zero-order valence-corrected chi connectivity index (χ0v) is 22.5. The van der Waals surface area contributed by atoms with Gasteiger partial charge in [-0.3, -0.25) is 14.6 Å². The number of carbonyl (C=O) groups is 2. The maximum atomic E-state index is 13.3. The van der Waals surface area contributed by atoms with Crippen molar-refractivity contribution in [1.29, 1.82) is 0 Å². The number of hydrogen-bond acceptors (Lipinski definition) is 6. The first-order chi connectivity index (χ1) is 18.3. The maximum absolute atomic E-state index is 13.3. The predicted molar refractivity (Wildman–Crippen MR) is 138 cm³/mol. The molecule has 2 aliphatic heterocycles. The Bertz CT molecular complexity index is 1430.